The maximum absolute atomic E-state index is 13.3. The van der Waals surface area contributed by atoms with Crippen LogP contribution in [-0.2, 0) is 9.59 Å². The number of amides is 4. The lowest BCUT2D eigenvalue weighted by Gasteiger charge is -2.36. The zero-order valence-corrected chi connectivity index (χ0v) is 29.5. The fourth-order valence-electron chi connectivity index (χ4n) is 7.34. The molecule has 0 saturated carbocycles. The maximum atomic E-state index is 13.3. The molecule has 2 saturated heterocycles. The van der Waals surface area contributed by atoms with Crippen LogP contribution in [0.4, 0.5) is 5.69 Å². The minimum Gasteiger partial charge on any atom is -0.537 e. The second-order valence-corrected chi connectivity index (χ2v) is 13.2. The Kier molecular flexibility index (Phi) is 10.7. The van der Waals surface area contributed by atoms with Crippen LogP contribution >= 0.6 is 0 Å². The zero-order chi connectivity index (χ0) is 36.9. The van der Waals surface area contributed by atoms with E-state index in [1.165, 1.54) is 5.57 Å². The number of nitrogens with one attached hydrogen (secondary N) is 1. The Balaban J connectivity index is 0.955. The molecule has 12 heteroatoms. The van der Waals surface area contributed by atoms with E-state index in [9.17, 15) is 19.2 Å². The van der Waals surface area contributed by atoms with Crippen LogP contribution in [0.2, 0.25) is 0 Å². The summed E-state index contributed by atoms with van der Waals surface area (Å²) in [7, 11) is 0.679. The summed E-state index contributed by atoms with van der Waals surface area (Å²) in [6.07, 6.45) is 1.05. The molecule has 53 heavy (non-hydrogen) atoms. The number of piperazine rings is 1. The minimum absolute atomic E-state index is 0.0865. The third-order valence-corrected chi connectivity index (χ3v) is 10.1. The lowest BCUT2D eigenvalue weighted by molar-refractivity contribution is -0.136. The molecule has 4 aromatic carbocycles. The van der Waals surface area contributed by atoms with Crippen molar-refractivity contribution in [2.75, 3.05) is 44.2 Å². The molecule has 4 amide bonds. The SMILES string of the molecule is CC/C(=C(\c1ccc(O[B]O)cc1)c1ccc(OCCN2CCN(c3ccc4c(c3)C(=O)N(C3CCC(=O)NC3=O)C4=O)CC2)cc1)c1ccccc1. The van der Waals surface area contributed by atoms with Crippen LogP contribution in [0.5, 0.6) is 11.5 Å². The highest BCUT2D eigenvalue weighted by Crippen LogP contribution is 2.36. The van der Waals surface area contributed by atoms with Gasteiger partial charge in [0, 0.05) is 44.8 Å². The average molecular weight is 712 g/mol. The van der Waals surface area contributed by atoms with Gasteiger partial charge in [0.15, 0.2) is 0 Å². The van der Waals surface area contributed by atoms with Gasteiger partial charge in [-0.1, -0.05) is 61.5 Å². The van der Waals surface area contributed by atoms with Crippen LogP contribution in [0, 0.1) is 0 Å². The molecular weight excluding hydrogens is 671 g/mol. The van der Waals surface area contributed by atoms with Gasteiger partial charge < -0.3 is 19.3 Å². The number of anilines is 1. The van der Waals surface area contributed by atoms with Crippen molar-refractivity contribution < 1.29 is 33.6 Å². The predicted octanol–water partition coefficient (Wildman–Crippen LogP) is 4.56. The van der Waals surface area contributed by atoms with Gasteiger partial charge in [0.05, 0.1) is 11.1 Å². The molecule has 269 valence electrons. The molecule has 3 aliphatic rings. The molecule has 7 rings (SSSR count). The first-order valence-electron chi connectivity index (χ1n) is 17.9. The van der Waals surface area contributed by atoms with Crippen molar-refractivity contribution in [3.8, 4) is 11.5 Å². The van der Waals surface area contributed by atoms with Crippen LogP contribution < -0.4 is 19.6 Å². The molecule has 0 spiro atoms. The standard InChI is InChI=1S/C41H40BN4O7/c1-2-33(27-6-4-3-5-7-27)38(29-10-15-32(16-11-29)53-42-51)28-8-13-31(14-9-28)52-25-24-44-20-22-45(23-21-44)30-12-17-34-35(26-30)41(50)46(40(34)49)36-18-19-37(47)43-39(36)48/h3-17,26,36,51H,2,18-25H2,1H3,(H,43,47,48)/b38-33+. The number of rotatable bonds is 12. The summed E-state index contributed by atoms with van der Waals surface area (Å²) in [6, 6.07) is 30.5. The number of nitrogens with zero attached hydrogens (tertiary/aromatic N) is 3. The summed E-state index contributed by atoms with van der Waals surface area (Å²) in [5.74, 6) is -0.671. The van der Waals surface area contributed by atoms with Crippen molar-refractivity contribution >= 4 is 48.1 Å². The number of fused-ring (bicyclic) bond motifs is 1. The first-order valence-corrected chi connectivity index (χ1v) is 17.9. The van der Waals surface area contributed by atoms with Gasteiger partial charge in [0.25, 0.3) is 11.8 Å². The lowest BCUT2D eigenvalue weighted by Crippen LogP contribution is -2.54. The molecule has 0 bridgehead atoms. The maximum Gasteiger partial charge on any atom is 0.569 e. The number of imide groups is 2. The average Bonchev–Trinajstić information content (AvgIpc) is 3.43. The zero-order valence-electron chi connectivity index (χ0n) is 29.5. The number of carbonyl (C=O) groups excluding carboxylic acids is 4. The molecular formula is C41H40BN4O7. The first kappa shape index (κ1) is 35.7. The number of hydrogen-bond acceptors (Lipinski definition) is 9. The summed E-state index contributed by atoms with van der Waals surface area (Å²) in [5.41, 5.74) is 7.02. The highest BCUT2D eigenvalue weighted by molar-refractivity contribution is 6.23. The molecule has 1 unspecified atom stereocenters. The summed E-state index contributed by atoms with van der Waals surface area (Å²) >= 11 is 0. The molecule has 1 radical (unpaired) electrons. The summed E-state index contributed by atoms with van der Waals surface area (Å²) in [4.78, 5) is 55.9. The lowest BCUT2D eigenvalue weighted by atomic mass is 9.88. The highest BCUT2D eigenvalue weighted by atomic mass is 16.5. The molecule has 0 aliphatic carbocycles. The minimum atomic E-state index is -0.980. The first-order chi connectivity index (χ1) is 25.8. The van der Waals surface area contributed by atoms with Crippen molar-refractivity contribution in [1.82, 2.24) is 15.1 Å². The van der Waals surface area contributed by atoms with Gasteiger partial charge in [-0.05, 0) is 83.1 Å². The quantitative estimate of drug-likeness (QED) is 0.124. The van der Waals surface area contributed by atoms with Gasteiger partial charge in [-0.2, -0.15) is 0 Å². The van der Waals surface area contributed by atoms with Crippen molar-refractivity contribution in [1.29, 1.82) is 0 Å². The Hall–Kier alpha value is -5.72. The number of carbonyl (C=O) groups is 4. The highest BCUT2D eigenvalue weighted by Gasteiger charge is 2.44. The number of allylic oxidation sites excluding steroid dienone is 1. The van der Waals surface area contributed by atoms with Crippen molar-refractivity contribution in [2.24, 2.45) is 0 Å². The molecule has 2 fully saturated rings. The molecule has 2 N–H and O–H groups in total. The molecule has 0 aromatic heterocycles. The summed E-state index contributed by atoms with van der Waals surface area (Å²) < 4.78 is 11.3. The monoisotopic (exact) mass is 711 g/mol. The molecule has 11 nitrogen and oxygen atoms in total. The normalized spacial score (nSPS) is 18.0. The largest absolute Gasteiger partial charge is 0.569 e. The van der Waals surface area contributed by atoms with Crippen LogP contribution in [-0.4, -0.2) is 91.5 Å². The Labute approximate surface area is 309 Å². The summed E-state index contributed by atoms with van der Waals surface area (Å²) in [5, 5.41) is 11.3. The van der Waals surface area contributed by atoms with E-state index in [-0.39, 0.29) is 24.0 Å². The van der Waals surface area contributed by atoms with Gasteiger partial charge in [-0.3, -0.25) is 34.3 Å². The smallest absolute Gasteiger partial charge is 0.537 e. The van der Waals surface area contributed by atoms with E-state index >= 15 is 0 Å². The van der Waals surface area contributed by atoms with E-state index in [2.05, 4.69) is 46.3 Å². The van der Waals surface area contributed by atoms with Gasteiger partial charge >= 0.3 is 7.69 Å². The second kappa shape index (κ2) is 15.9. The third kappa shape index (κ3) is 7.60. The van der Waals surface area contributed by atoms with Gasteiger partial charge in [0.1, 0.15) is 24.1 Å². The Morgan fingerprint density at radius 1 is 0.792 bits per heavy atom. The van der Waals surface area contributed by atoms with E-state index in [0.717, 1.165) is 77.7 Å². The van der Waals surface area contributed by atoms with Crippen LogP contribution in [0.3, 0.4) is 0 Å². The van der Waals surface area contributed by atoms with E-state index in [1.54, 1.807) is 12.1 Å². The van der Waals surface area contributed by atoms with E-state index in [4.69, 9.17) is 14.4 Å². The van der Waals surface area contributed by atoms with Gasteiger partial charge in [0.2, 0.25) is 11.8 Å². The van der Waals surface area contributed by atoms with Crippen LogP contribution in [0.25, 0.3) is 11.1 Å². The number of benzene rings is 4. The summed E-state index contributed by atoms with van der Waals surface area (Å²) in [6.45, 7) is 6.55. The third-order valence-electron chi connectivity index (χ3n) is 10.1. The Morgan fingerprint density at radius 3 is 2.09 bits per heavy atom. The van der Waals surface area contributed by atoms with Crippen molar-refractivity contribution in [3.63, 3.8) is 0 Å². The van der Waals surface area contributed by atoms with Crippen molar-refractivity contribution in [3.05, 3.63) is 125 Å². The second-order valence-electron chi connectivity index (χ2n) is 13.2. The number of ether oxygens (including phenoxy) is 1. The molecule has 1 atom stereocenters. The van der Waals surface area contributed by atoms with E-state index in [1.807, 2.05) is 60.7 Å². The van der Waals surface area contributed by atoms with Crippen molar-refractivity contribution in [2.45, 2.75) is 32.2 Å². The predicted molar refractivity (Wildman–Crippen MR) is 201 cm³/mol. The van der Waals surface area contributed by atoms with E-state index in [0.29, 0.717) is 20.0 Å². The number of hydrogen-bond donors (Lipinski definition) is 2. The Bertz CT molecular complexity index is 2030. The number of piperidine rings is 1. The van der Waals surface area contributed by atoms with Crippen LogP contribution in [0.15, 0.2) is 97.1 Å². The fraction of sp³-hybridized carbons (Fsp3) is 0.268. The topological polar surface area (TPSA) is 129 Å². The van der Waals surface area contributed by atoms with Gasteiger partial charge in [-0.15, -0.1) is 0 Å². The Morgan fingerprint density at radius 2 is 1.45 bits per heavy atom. The fourth-order valence-corrected chi connectivity index (χ4v) is 7.34. The molecule has 3 aliphatic heterocycles. The molecule has 3 heterocycles. The van der Waals surface area contributed by atoms with Crippen LogP contribution in [0.1, 0.15) is 63.6 Å². The van der Waals surface area contributed by atoms with Gasteiger partial charge in [-0.25, -0.2) is 0 Å². The van der Waals surface area contributed by atoms with E-state index < -0.39 is 29.7 Å². The molecule has 4 aromatic rings.